The predicted octanol–water partition coefficient (Wildman–Crippen LogP) is 2.87. The van der Waals surface area contributed by atoms with Gasteiger partial charge in [-0.25, -0.2) is 0 Å². The van der Waals surface area contributed by atoms with Crippen LogP contribution in [-0.2, 0) is 9.59 Å². The Morgan fingerprint density at radius 3 is 2.67 bits per heavy atom. The van der Waals surface area contributed by atoms with Crippen LogP contribution in [-0.4, -0.2) is 37.2 Å². The Bertz CT molecular complexity index is 569. The van der Waals surface area contributed by atoms with Crippen molar-refractivity contribution in [2.75, 3.05) is 20.3 Å². The molecule has 0 aromatic heterocycles. The van der Waals surface area contributed by atoms with E-state index >= 15 is 0 Å². The number of amides is 1. The molecule has 2 N–H and O–H groups in total. The number of methoxy groups -OCH3 is 1. The summed E-state index contributed by atoms with van der Waals surface area (Å²) in [5, 5.41) is 11.3. The van der Waals surface area contributed by atoms with Gasteiger partial charge in [0.25, 0.3) is 0 Å². The van der Waals surface area contributed by atoms with E-state index in [-0.39, 0.29) is 12.3 Å². The van der Waals surface area contributed by atoms with Crippen LogP contribution in [0, 0.1) is 0 Å². The minimum Gasteiger partial charge on any atom is -0.493 e. The van der Waals surface area contributed by atoms with E-state index in [1.807, 2.05) is 19.1 Å². The molecule has 0 spiro atoms. The van der Waals surface area contributed by atoms with Crippen molar-refractivity contribution in [2.45, 2.75) is 32.6 Å². The zero-order valence-electron chi connectivity index (χ0n) is 14.2. The Labute approximate surface area is 142 Å². The van der Waals surface area contributed by atoms with Crippen molar-refractivity contribution in [2.24, 2.45) is 0 Å². The number of carbonyl (C=O) groups excluding carboxylic acids is 1. The smallest absolute Gasteiger partial charge is 0.303 e. The Morgan fingerprint density at radius 1 is 1.21 bits per heavy atom. The summed E-state index contributed by atoms with van der Waals surface area (Å²) >= 11 is 0. The van der Waals surface area contributed by atoms with Gasteiger partial charge in [0.1, 0.15) is 0 Å². The van der Waals surface area contributed by atoms with Gasteiger partial charge in [-0.15, -0.1) is 0 Å². The van der Waals surface area contributed by atoms with E-state index in [2.05, 4.69) is 5.32 Å². The second-order valence-corrected chi connectivity index (χ2v) is 5.17. The number of unbranched alkanes of at least 4 members (excludes halogenated alkanes) is 2. The van der Waals surface area contributed by atoms with Crippen LogP contribution in [0.2, 0.25) is 0 Å². The van der Waals surface area contributed by atoms with Crippen molar-refractivity contribution in [1.82, 2.24) is 5.32 Å². The summed E-state index contributed by atoms with van der Waals surface area (Å²) in [5.41, 5.74) is 0.840. The number of benzene rings is 1. The minimum atomic E-state index is -0.784. The first kappa shape index (κ1) is 19.5. The fourth-order valence-electron chi connectivity index (χ4n) is 2.08. The van der Waals surface area contributed by atoms with Crippen molar-refractivity contribution in [3.63, 3.8) is 0 Å². The molecule has 1 aromatic rings. The standard InChI is InChI=1S/C18H25NO5/c1-3-24-15-10-8-14(13-16(15)23-2)9-11-17(20)19-12-6-4-5-7-18(21)22/h8-11,13H,3-7,12H2,1-2H3,(H,19,20)(H,21,22)/b11-9+. The molecule has 0 saturated carbocycles. The molecule has 24 heavy (non-hydrogen) atoms. The summed E-state index contributed by atoms with van der Waals surface area (Å²) in [6, 6.07) is 5.46. The third kappa shape index (κ3) is 7.67. The molecule has 1 aromatic carbocycles. The quantitative estimate of drug-likeness (QED) is 0.480. The lowest BCUT2D eigenvalue weighted by Crippen LogP contribution is -2.22. The van der Waals surface area contributed by atoms with Crippen molar-refractivity contribution in [3.05, 3.63) is 29.8 Å². The zero-order valence-corrected chi connectivity index (χ0v) is 14.2. The molecule has 0 aliphatic rings. The van der Waals surface area contributed by atoms with Crippen molar-refractivity contribution < 1.29 is 24.2 Å². The summed E-state index contributed by atoms with van der Waals surface area (Å²) in [6.07, 6.45) is 5.53. The average Bonchev–Trinajstić information content (AvgIpc) is 2.57. The first-order valence-electron chi connectivity index (χ1n) is 8.05. The lowest BCUT2D eigenvalue weighted by Gasteiger charge is -2.09. The molecular formula is C18H25NO5. The van der Waals surface area contributed by atoms with Gasteiger partial charge in [0.05, 0.1) is 13.7 Å². The molecule has 1 amide bonds. The normalized spacial score (nSPS) is 10.6. The molecule has 1 rings (SSSR count). The van der Waals surface area contributed by atoms with Crippen LogP contribution in [0.4, 0.5) is 0 Å². The number of nitrogens with one attached hydrogen (secondary N) is 1. The number of hydrogen-bond donors (Lipinski definition) is 2. The minimum absolute atomic E-state index is 0.174. The highest BCUT2D eigenvalue weighted by Gasteiger charge is 2.04. The Hall–Kier alpha value is -2.50. The van der Waals surface area contributed by atoms with Gasteiger partial charge in [-0.2, -0.15) is 0 Å². The fraction of sp³-hybridized carbons (Fsp3) is 0.444. The molecule has 0 radical (unpaired) electrons. The molecule has 0 bridgehead atoms. The molecule has 0 unspecified atom stereocenters. The summed E-state index contributed by atoms with van der Waals surface area (Å²) < 4.78 is 10.7. The van der Waals surface area contributed by atoms with Crippen LogP contribution >= 0.6 is 0 Å². The zero-order chi connectivity index (χ0) is 17.8. The topological polar surface area (TPSA) is 84.9 Å². The number of rotatable bonds is 11. The molecule has 6 nitrogen and oxygen atoms in total. The molecule has 6 heteroatoms. The first-order valence-corrected chi connectivity index (χ1v) is 8.05. The van der Waals surface area contributed by atoms with Crippen LogP contribution in [0.1, 0.15) is 38.2 Å². The summed E-state index contributed by atoms with van der Waals surface area (Å²) in [5.74, 6) is 0.328. The van der Waals surface area contributed by atoms with Crippen LogP contribution < -0.4 is 14.8 Å². The number of ether oxygens (including phenoxy) is 2. The van der Waals surface area contributed by atoms with Gasteiger partial charge in [-0.05, 0) is 43.5 Å². The molecule has 0 aliphatic carbocycles. The number of carboxylic acids is 1. The maximum atomic E-state index is 11.7. The van der Waals surface area contributed by atoms with Gasteiger partial charge in [-0.1, -0.05) is 12.5 Å². The fourth-order valence-corrected chi connectivity index (χ4v) is 2.08. The maximum Gasteiger partial charge on any atom is 0.303 e. The Morgan fingerprint density at radius 2 is 2.00 bits per heavy atom. The second-order valence-electron chi connectivity index (χ2n) is 5.17. The van der Waals surface area contributed by atoms with E-state index in [9.17, 15) is 9.59 Å². The first-order chi connectivity index (χ1) is 11.6. The number of carbonyl (C=O) groups is 2. The lowest BCUT2D eigenvalue weighted by molar-refractivity contribution is -0.137. The number of aliphatic carboxylic acids is 1. The van der Waals surface area contributed by atoms with Crippen molar-refractivity contribution in [3.8, 4) is 11.5 Å². The third-order valence-electron chi connectivity index (χ3n) is 3.28. The Balaban J connectivity index is 2.39. The largest absolute Gasteiger partial charge is 0.493 e. The highest BCUT2D eigenvalue weighted by Crippen LogP contribution is 2.28. The van der Waals surface area contributed by atoms with E-state index in [1.54, 1.807) is 19.3 Å². The highest BCUT2D eigenvalue weighted by molar-refractivity contribution is 5.91. The van der Waals surface area contributed by atoms with E-state index in [0.717, 1.165) is 18.4 Å². The van der Waals surface area contributed by atoms with Crippen LogP contribution in [0.5, 0.6) is 11.5 Å². The second kappa shape index (κ2) is 11.1. The summed E-state index contributed by atoms with van der Waals surface area (Å²) in [7, 11) is 1.57. The number of carboxylic acid groups (broad SMARTS) is 1. The van der Waals surface area contributed by atoms with E-state index in [0.29, 0.717) is 31.1 Å². The Kier molecular flexibility index (Phi) is 9.04. The molecule has 0 heterocycles. The lowest BCUT2D eigenvalue weighted by atomic mass is 10.2. The maximum absolute atomic E-state index is 11.7. The molecule has 132 valence electrons. The average molecular weight is 335 g/mol. The van der Waals surface area contributed by atoms with E-state index < -0.39 is 5.97 Å². The highest BCUT2D eigenvalue weighted by atomic mass is 16.5. The molecule has 0 saturated heterocycles. The third-order valence-corrected chi connectivity index (χ3v) is 3.28. The van der Waals surface area contributed by atoms with Gasteiger partial charge >= 0.3 is 5.97 Å². The summed E-state index contributed by atoms with van der Waals surface area (Å²) in [6.45, 7) is 3.00. The van der Waals surface area contributed by atoms with Gasteiger partial charge in [0, 0.05) is 19.0 Å². The number of hydrogen-bond acceptors (Lipinski definition) is 4. The van der Waals surface area contributed by atoms with Gasteiger partial charge in [0.2, 0.25) is 5.91 Å². The summed E-state index contributed by atoms with van der Waals surface area (Å²) in [4.78, 5) is 22.1. The monoisotopic (exact) mass is 335 g/mol. The van der Waals surface area contributed by atoms with Crippen LogP contribution in [0.3, 0.4) is 0 Å². The molecule has 0 fully saturated rings. The molecular weight excluding hydrogens is 310 g/mol. The van der Waals surface area contributed by atoms with Gasteiger partial charge in [0.15, 0.2) is 11.5 Å². The molecule has 0 aliphatic heterocycles. The van der Waals surface area contributed by atoms with Gasteiger partial charge in [-0.3, -0.25) is 9.59 Å². The molecule has 0 atom stereocenters. The van der Waals surface area contributed by atoms with Crippen molar-refractivity contribution in [1.29, 1.82) is 0 Å². The predicted molar refractivity (Wildman–Crippen MR) is 92.3 cm³/mol. The van der Waals surface area contributed by atoms with E-state index in [4.69, 9.17) is 14.6 Å². The van der Waals surface area contributed by atoms with Crippen LogP contribution in [0.15, 0.2) is 24.3 Å². The van der Waals surface area contributed by atoms with Crippen molar-refractivity contribution >= 4 is 18.0 Å². The SMILES string of the molecule is CCOc1ccc(/C=C/C(=O)NCCCCCC(=O)O)cc1OC. The van der Waals surface area contributed by atoms with Gasteiger partial charge < -0.3 is 19.9 Å². The van der Waals surface area contributed by atoms with Crippen LogP contribution in [0.25, 0.3) is 6.08 Å². The van der Waals surface area contributed by atoms with E-state index in [1.165, 1.54) is 6.08 Å².